The van der Waals surface area contributed by atoms with Gasteiger partial charge in [-0.25, -0.2) is 13.8 Å². The minimum Gasteiger partial charge on any atom is -0.316 e. The van der Waals surface area contributed by atoms with E-state index >= 15 is 0 Å². The largest absolute Gasteiger partial charge is 0.316 e. The first kappa shape index (κ1) is 16.1. The van der Waals surface area contributed by atoms with Crippen molar-refractivity contribution in [3.8, 4) is 0 Å². The average Bonchev–Trinajstić information content (AvgIpc) is 2.82. The summed E-state index contributed by atoms with van der Waals surface area (Å²) in [6.45, 7) is 1.56. The zero-order valence-electron chi connectivity index (χ0n) is 11.0. The van der Waals surface area contributed by atoms with E-state index in [1.165, 1.54) is 6.07 Å². The molecule has 2 N–H and O–H groups in total. The second-order valence-corrected chi connectivity index (χ2v) is 5.82. The zero-order valence-corrected chi connectivity index (χ0v) is 12.6. The summed E-state index contributed by atoms with van der Waals surface area (Å²) in [7, 11) is 0. The summed E-state index contributed by atoms with van der Waals surface area (Å²) in [5.41, 5.74) is 0.0912. The third-order valence-electron chi connectivity index (χ3n) is 3.31. The zero-order chi connectivity index (χ0) is 14.1. The van der Waals surface area contributed by atoms with Crippen LogP contribution >= 0.6 is 23.7 Å². The molecule has 0 bridgehead atoms. The minimum atomic E-state index is -0.712. The molecule has 0 saturated carbocycles. The number of hydrogen-bond donors (Lipinski definition) is 2. The normalized spacial score (nSPS) is 18.3. The Labute approximate surface area is 130 Å². The van der Waals surface area contributed by atoms with Gasteiger partial charge in [0.05, 0.1) is 10.6 Å². The number of thiazole rings is 1. The van der Waals surface area contributed by atoms with Gasteiger partial charge in [-0.2, -0.15) is 0 Å². The number of aromatic nitrogens is 1. The molecule has 21 heavy (non-hydrogen) atoms. The van der Waals surface area contributed by atoms with Gasteiger partial charge in [0.15, 0.2) is 10.9 Å². The van der Waals surface area contributed by atoms with E-state index in [9.17, 15) is 13.6 Å². The van der Waals surface area contributed by atoms with Gasteiger partial charge < -0.3 is 10.6 Å². The Bertz CT molecular complexity index is 658. The summed E-state index contributed by atoms with van der Waals surface area (Å²) < 4.78 is 27.0. The number of nitrogens with one attached hydrogen (secondary N) is 2. The number of halogens is 3. The molecule has 1 atom stereocenters. The van der Waals surface area contributed by atoms with Gasteiger partial charge in [0.1, 0.15) is 11.3 Å². The van der Waals surface area contributed by atoms with E-state index in [1.54, 1.807) is 0 Å². The summed E-state index contributed by atoms with van der Waals surface area (Å²) >= 11 is 1.07. The molecule has 1 fully saturated rings. The summed E-state index contributed by atoms with van der Waals surface area (Å²) in [6.07, 6.45) is 1.78. The van der Waals surface area contributed by atoms with E-state index in [1.807, 2.05) is 0 Å². The van der Waals surface area contributed by atoms with Gasteiger partial charge in [-0.1, -0.05) is 11.3 Å². The maximum atomic E-state index is 13.5. The molecule has 1 saturated heterocycles. The number of amides is 1. The molecule has 0 spiro atoms. The van der Waals surface area contributed by atoms with Crippen LogP contribution in [-0.4, -0.2) is 24.0 Å². The number of carbonyl (C=O) groups excluding carboxylic acids is 1. The first-order valence-electron chi connectivity index (χ1n) is 6.40. The number of rotatable bonds is 2. The molecule has 1 amide bonds. The summed E-state index contributed by atoms with van der Waals surface area (Å²) in [5, 5.41) is 6.15. The first-order chi connectivity index (χ1) is 9.63. The van der Waals surface area contributed by atoms with Crippen molar-refractivity contribution in [3.63, 3.8) is 0 Å². The van der Waals surface area contributed by atoms with Crippen LogP contribution in [0.5, 0.6) is 0 Å². The highest BCUT2D eigenvalue weighted by Gasteiger charge is 2.22. The SMILES string of the molecule is Cl.O=C(Nc1nc2c(F)cc(F)cc2s1)[C@@H]1CCCNC1. The smallest absolute Gasteiger partial charge is 0.230 e. The van der Waals surface area contributed by atoms with Crippen molar-refractivity contribution in [3.05, 3.63) is 23.8 Å². The fourth-order valence-corrected chi connectivity index (χ4v) is 3.20. The topological polar surface area (TPSA) is 54.0 Å². The van der Waals surface area contributed by atoms with Crippen LogP contribution in [0.1, 0.15) is 12.8 Å². The van der Waals surface area contributed by atoms with Crippen molar-refractivity contribution in [1.82, 2.24) is 10.3 Å². The molecule has 0 unspecified atom stereocenters. The highest BCUT2D eigenvalue weighted by Crippen LogP contribution is 2.29. The number of benzene rings is 1. The van der Waals surface area contributed by atoms with Crippen LogP contribution in [0.2, 0.25) is 0 Å². The molecule has 2 heterocycles. The summed E-state index contributed by atoms with van der Waals surface area (Å²) in [4.78, 5) is 16.1. The minimum absolute atomic E-state index is 0. The molecule has 2 aromatic rings. The number of anilines is 1. The number of nitrogens with zero attached hydrogens (tertiary/aromatic N) is 1. The quantitative estimate of drug-likeness (QED) is 0.888. The molecular weight excluding hydrogens is 320 g/mol. The summed E-state index contributed by atoms with van der Waals surface area (Å²) in [5.74, 6) is -1.58. The van der Waals surface area contributed by atoms with Gasteiger partial charge in [-0.15, -0.1) is 12.4 Å². The lowest BCUT2D eigenvalue weighted by atomic mass is 9.99. The second-order valence-electron chi connectivity index (χ2n) is 4.79. The van der Waals surface area contributed by atoms with Crippen LogP contribution in [0.3, 0.4) is 0 Å². The Morgan fingerprint density at radius 1 is 1.43 bits per heavy atom. The Hall–Kier alpha value is -1.31. The molecule has 8 heteroatoms. The molecule has 1 aliphatic rings. The van der Waals surface area contributed by atoms with Crippen molar-refractivity contribution in [1.29, 1.82) is 0 Å². The fourth-order valence-electron chi connectivity index (χ4n) is 2.29. The van der Waals surface area contributed by atoms with Crippen molar-refractivity contribution in [2.24, 2.45) is 5.92 Å². The van der Waals surface area contributed by atoms with Crippen molar-refractivity contribution >= 4 is 45.0 Å². The Balaban J connectivity index is 0.00000161. The lowest BCUT2D eigenvalue weighted by Gasteiger charge is -2.21. The van der Waals surface area contributed by atoms with E-state index < -0.39 is 11.6 Å². The van der Waals surface area contributed by atoms with Crippen LogP contribution in [0.25, 0.3) is 10.2 Å². The van der Waals surface area contributed by atoms with Crippen LogP contribution < -0.4 is 10.6 Å². The van der Waals surface area contributed by atoms with Crippen molar-refractivity contribution in [2.45, 2.75) is 12.8 Å². The lowest BCUT2D eigenvalue weighted by molar-refractivity contribution is -0.120. The lowest BCUT2D eigenvalue weighted by Crippen LogP contribution is -2.37. The molecule has 114 valence electrons. The molecule has 0 radical (unpaired) electrons. The standard InChI is InChI=1S/C13H13F2N3OS.ClH/c14-8-4-9(15)11-10(5-8)20-13(17-11)18-12(19)7-2-1-3-16-6-7;/h4-5,7,16H,1-3,6H2,(H,17,18,19);1H/t7-;/m1./s1. The Kier molecular flexibility index (Phi) is 5.08. The molecule has 1 aromatic carbocycles. The van der Waals surface area contributed by atoms with Gasteiger partial charge in [-0.3, -0.25) is 4.79 Å². The van der Waals surface area contributed by atoms with Crippen LogP contribution in [0.4, 0.5) is 13.9 Å². The maximum Gasteiger partial charge on any atom is 0.230 e. The Morgan fingerprint density at radius 2 is 2.24 bits per heavy atom. The molecule has 4 nitrogen and oxygen atoms in total. The van der Waals surface area contributed by atoms with E-state index in [4.69, 9.17) is 0 Å². The number of fused-ring (bicyclic) bond motifs is 1. The average molecular weight is 334 g/mol. The second kappa shape index (κ2) is 6.64. The third kappa shape index (κ3) is 3.48. The van der Waals surface area contributed by atoms with Crippen molar-refractivity contribution < 1.29 is 13.6 Å². The van der Waals surface area contributed by atoms with Crippen LogP contribution in [0.15, 0.2) is 12.1 Å². The van der Waals surface area contributed by atoms with Crippen LogP contribution in [-0.2, 0) is 4.79 Å². The monoisotopic (exact) mass is 333 g/mol. The van der Waals surface area contributed by atoms with Gasteiger partial charge in [0.25, 0.3) is 0 Å². The maximum absolute atomic E-state index is 13.5. The number of piperidine rings is 1. The molecule has 3 rings (SSSR count). The molecule has 0 aliphatic carbocycles. The summed E-state index contributed by atoms with van der Waals surface area (Å²) in [6, 6.07) is 2.01. The molecule has 1 aromatic heterocycles. The van der Waals surface area contributed by atoms with Gasteiger partial charge >= 0.3 is 0 Å². The molecular formula is C13H14ClF2N3OS. The van der Waals surface area contributed by atoms with E-state index in [0.717, 1.165) is 36.8 Å². The molecule has 1 aliphatic heterocycles. The van der Waals surface area contributed by atoms with Crippen LogP contribution in [0, 0.1) is 17.6 Å². The van der Waals surface area contributed by atoms with Gasteiger partial charge in [0.2, 0.25) is 5.91 Å². The van der Waals surface area contributed by atoms with Gasteiger partial charge in [-0.05, 0) is 25.5 Å². The van der Waals surface area contributed by atoms with Crippen molar-refractivity contribution in [2.75, 3.05) is 18.4 Å². The third-order valence-corrected chi connectivity index (χ3v) is 4.23. The Morgan fingerprint density at radius 3 is 2.95 bits per heavy atom. The van der Waals surface area contributed by atoms with Gasteiger partial charge in [0, 0.05) is 12.6 Å². The fraction of sp³-hybridized carbons (Fsp3) is 0.385. The number of hydrogen-bond acceptors (Lipinski definition) is 4. The van der Waals surface area contributed by atoms with E-state index in [2.05, 4.69) is 15.6 Å². The first-order valence-corrected chi connectivity index (χ1v) is 7.22. The predicted octanol–water partition coefficient (Wildman–Crippen LogP) is 2.93. The van der Waals surface area contributed by atoms with E-state index in [0.29, 0.717) is 16.4 Å². The number of carbonyl (C=O) groups is 1. The predicted molar refractivity (Wildman–Crippen MR) is 81.0 cm³/mol. The van der Waals surface area contributed by atoms with E-state index in [-0.39, 0.29) is 29.7 Å². The highest BCUT2D eigenvalue weighted by molar-refractivity contribution is 7.22. The highest BCUT2D eigenvalue weighted by atomic mass is 35.5.